The molecule has 0 unspecified atom stereocenters. The summed E-state index contributed by atoms with van der Waals surface area (Å²) in [6, 6.07) is 1.99. The molecule has 0 aliphatic heterocycles. The lowest BCUT2D eigenvalue weighted by Gasteiger charge is -1.99. The first-order valence-corrected chi connectivity index (χ1v) is 6.02. The molecule has 12 heavy (non-hydrogen) atoms. The maximum atomic E-state index is 11.1. The van der Waals surface area contributed by atoms with Crippen LogP contribution < -0.4 is 0 Å². The van der Waals surface area contributed by atoms with Crippen LogP contribution in [0.5, 0.6) is 0 Å². The molecule has 0 bridgehead atoms. The molecule has 0 N–H and O–H groups in total. The van der Waals surface area contributed by atoms with Crippen molar-refractivity contribution in [3.05, 3.63) is 0 Å². The summed E-state index contributed by atoms with van der Waals surface area (Å²) >= 11 is 0. The van der Waals surface area contributed by atoms with Gasteiger partial charge in [0.2, 0.25) is 0 Å². The highest BCUT2D eigenvalue weighted by atomic mass is 32.2. The number of rotatable bonds is 6. The van der Waals surface area contributed by atoms with Crippen LogP contribution in [-0.4, -0.2) is 19.9 Å². The van der Waals surface area contributed by atoms with Crippen LogP contribution in [0.15, 0.2) is 0 Å². The Morgan fingerprint density at radius 1 is 1.25 bits per heavy atom. The Labute approximate surface area is 74.3 Å². The average Bonchev–Trinajstić information content (AvgIpc) is 1.98. The highest BCUT2D eigenvalue weighted by Crippen LogP contribution is 2.01. The maximum Gasteiger partial charge on any atom is 0.150 e. The van der Waals surface area contributed by atoms with Crippen molar-refractivity contribution in [2.75, 3.05) is 11.5 Å². The third-order valence-corrected chi connectivity index (χ3v) is 3.45. The second-order valence-electron chi connectivity index (χ2n) is 2.77. The molecule has 0 atom stereocenters. The molecule has 0 fully saturated rings. The highest BCUT2D eigenvalue weighted by molar-refractivity contribution is 7.91. The van der Waals surface area contributed by atoms with Gasteiger partial charge in [-0.05, 0) is 19.3 Å². The summed E-state index contributed by atoms with van der Waals surface area (Å²) in [7, 11) is -2.82. The van der Waals surface area contributed by atoms with Crippen LogP contribution in [0.25, 0.3) is 0 Å². The van der Waals surface area contributed by atoms with E-state index in [4.69, 9.17) is 5.26 Å². The fourth-order valence-corrected chi connectivity index (χ4v) is 2.41. The van der Waals surface area contributed by atoms with Gasteiger partial charge in [-0.15, -0.1) is 0 Å². The van der Waals surface area contributed by atoms with Crippen molar-refractivity contribution in [1.29, 1.82) is 5.26 Å². The summed E-state index contributed by atoms with van der Waals surface area (Å²) < 4.78 is 22.2. The van der Waals surface area contributed by atoms with Crippen LogP contribution >= 0.6 is 0 Å². The number of hydrogen-bond acceptors (Lipinski definition) is 3. The Hall–Kier alpha value is -0.560. The molecular weight excluding hydrogens is 174 g/mol. The first-order valence-electron chi connectivity index (χ1n) is 4.19. The van der Waals surface area contributed by atoms with Gasteiger partial charge in [0.1, 0.15) is 9.84 Å². The molecule has 0 aromatic carbocycles. The molecule has 0 aromatic heterocycles. The summed E-state index contributed by atoms with van der Waals surface area (Å²) in [5, 5.41) is 8.20. The molecule has 4 heteroatoms. The first kappa shape index (κ1) is 11.4. The van der Waals surface area contributed by atoms with Gasteiger partial charge in [-0.1, -0.05) is 6.92 Å². The summed E-state index contributed by atoms with van der Waals surface area (Å²) in [5.41, 5.74) is 0. The van der Waals surface area contributed by atoms with Gasteiger partial charge in [-0.2, -0.15) is 5.26 Å². The number of sulfone groups is 1. The summed E-state index contributed by atoms with van der Waals surface area (Å²) in [4.78, 5) is 0. The average molecular weight is 189 g/mol. The van der Waals surface area contributed by atoms with Gasteiger partial charge in [0.25, 0.3) is 0 Å². The van der Waals surface area contributed by atoms with E-state index in [1.54, 1.807) is 0 Å². The van der Waals surface area contributed by atoms with Crippen molar-refractivity contribution in [1.82, 2.24) is 0 Å². The largest absolute Gasteiger partial charge is 0.229 e. The van der Waals surface area contributed by atoms with E-state index in [0.29, 0.717) is 25.7 Å². The summed E-state index contributed by atoms with van der Waals surface area (Å²) in [6.07, 6.45) is 2.46. The van der Waals surface area contributed by atoms with Crippen molar-refractivity contribution in [3.8, 4) is 6.07 Å². The fourth-order valence-electron chi connectivity index (χ4n) is 0.939. The SMILES string of the molecule is CCCS(=O)(=O)CCCCC#N. The van der Waals surface area contributed by atoms with E-state index >= 15 is 0 Å². The van der Waals surface area contributed by atoms with E-state index in [-0.39, 0.29) is 11.5 Å². The molecular formula is C8H15NO2S. The number of nitriles is 1. The second kappa shape index (κ2) is 6.01. The molecule has 0 saturated carbocycles. The molecule has 0 radical (unpaired) electrons. The number of unbranched alkanes of at least 4 members (excludes halogenated alkanes) is 2. The number of nitrogens with zero attached hydrogens (tertiary/aromatic N) is 1. The Balaban J connectivity index is 3.57. The van der Waals surface area contributed by atoms with Gasteiger partial charge in [0.15, 0.2) is 0 Å². The predicted octanol–water partition coefficient (Wildman–Crippen LogP) is 1.51. The Morgan fingerprint density at radius 2 is 1.92 bits per heavy atom. The first-order chi connectivity index (χ1) is 5.62. The molecule has 0 heterocycles. The van der Waals surface area contributed by atoms with Gasteiger partial charge in [0, 0.05) is 12.2 Å². The highest BCUT2D eigenvalue weighted by Gasteiger charge is 2.07. The lowest BCUT2D eigenvalue weighted by molar-refractivity contribution is 0.590. The molecule has 0 amide bonds. The van der Waals surface area contributed by atoms with Gasteiger partial charge >= 0.3 is 0 Å². The lowest BCUT2D eigenvalue weighted by Crippen LogP contribution is -2.10. The molecule has 0 aliphatic rings. The molecule has 0 aromatic rings. The third kappa shape index (κ3) is 6.17. The van der Waals surface area contributed by atoms with E-state index in [2.05, 4.69) is 0 Å². The molecule has 0 aliphatic carbocycles. The van der Waals surface area contributed by atoms with E-state index in [9.17, 15) is 8.42 Å². The van der Waals surface area contributed by atoms with Gasteiger partial charge in [-0.3, -0.25) is 0 Å². The van der Waals surface area contributed by atoms with Gasteiger partial charge < -0.3 is 0 Å². The van der Waals surface area contributed by atoms with Crippen molar-refractivity contribution in [2.45, 2.75) is 32.6 Å². The van der Waals surface area contributed by atoms with Crippen LogP contribution in [0.1, 0.15) is 32.6 Å². The molecule has 0 spiro atoms. The zero-order chi connectivity index (χ0) is 9.45. The van der Waals surface area contributed by atoms with Crippen LogP contribution in [0.3, 0.4) is 0 Å². The van der Waals surface area contributed by atoms with Gasteiger partial charge in [-0.25, -0.2) is 8.42 Å². The van der Waals surface area contributed by atoms with Crippen molar-refractivity contribution in [3.63, 3.8) is 0 Å². The van der Waals surface area contributed by atoms with E-state index in [1.807, 2.05) is 13.0 Å². The zero-order valence-corrected chi connectivity index (χ0v) is 8.23. The van der Waals surface area contributed by atoms with Crippen molar-refractivity contribution in [2.24, 2.45) is 0 Å². The standard InChI is InChI=1S/C8H15NO2S/c1-2-7-12(10,11)8-5-3-4-6-9/h2-5,7-8H2,1H3. The minimum absolute atomic E-state index is 0.239. The molecule has 0 saturated heterocycles. The van der Waals surface area contributed by atoms with Gasteiger partial charge in [0.05, 0.1) is 11.8 Å². The van der Waals surface area contributed by atoms with Crippen LogP contribution in [-0.2, 0) is 9.84 Å². The molecule has 3 nitrogen and oxygen atoms in total. The second-order valence-corrected chi connectivity index (χ2v) is 5.07. The van der Waals surface area contributed by atoms with Crippen LogP contribution in [0.2, 0.25) is 0 Å². The minimum Gasteiger partial charge on any atom is -0.229 e. The monoisotopic (exact) mass is 189 g/mol. The maximum absolute atomic E-state index is 11.1. The Bertz CT molecular complexity index is 238. The van der Waals surface area contributed by atoms with Crippen molar-refractivity contribution >= 4 is 9.84 Å². The van der Waals surface area contributed by atoms with Crippen LogP contribution in [0.4, 0.5) is 0 Å². The summed E-state index contributed by atoms with van der Waals surface area (Å²) in [5.74, 6) is 0.516. The third-order valence-electron chi connectivity index (χ3n) is 1.51. The normalized spacial score (nSPS) is 11.0. The predicted molar refractivity (Wildman–Crippen MR) is 48.4 cm³/mol. The lowest BCUT2D eigenvalue weighted by atomic mass is 10.3. The Kier molecular flexibility index (Phi) is 5.73. The smallest absolute Gasteiger partial charge is 0.150 e. The quantitative estimate of drug-likeness (QED) is 0.595. The Morgan fingerprint density at radius 3 is 2.42 bits per heavy atom. The van der Waals surface area contributed by atoms with E-state index < -0.39 is 9.84 Å². The fraction of sp³-hybridized carbons (Fsp3) is 0.875. The molecule has 70 valence electrons. The zero-order valence-electron chi connectivity index (χ0n) is 7.41. The molecule has 0 rings (SSSR count). The van der Waals surface area contributed by atoms with E-state index in [0.717, 1.165) is 0 Å². The van der Waals surface area contributed by atoms with E-state index in [1.165, 1.54) is 0 Å². The minimum atomic E-state index is -2.82. The van der Waals surface area contributed by atoms with Crippen LogP contribution in [0, 0.1) is 11.3 Å². The number of hydrogen-bond donors (Lipinski definition) is 0. The topological polar surface area (TPSA) is 57.9 Å². The van der Waals surface area contributed by atoms with Crippen molar-refractivity contribution < 1.29 is 8.42 Å². The summed E-state index contributed by atoms with van der Waals surface area (Å²) in [6.45, 7) is 1.85.